The molecule has 8 nitrogen and oxygen atoms in total. The summed E-state index contributed by atoms with van der Waals surface area (Å²) in [5, 5.41) is 6.16. The fourth-order valence-corrected chi connectivity index (χ4v) is 7.40. The van der Waals surface area contributed by atoms with Gasteiger partial charge in [0.2, 0.25) is 0 Å². The normalized spacial score (nSPS) is 20.7. The first-order chi connectivity index (χ1) is 18.5. The SMILES string of the molecule is CNN(C(=O)c1cnn(C(C)(C)C)c1I)c1cc(-c2cc(C34CCOCC3C4)c3nccn3c2)c(C)cc1C. The number of benzene rings is 1. The molecule has 2 atom stereocenters. The molecule has 1 N–H and O–H groups in total. The zero-order valence-electron chi connectivity index (χ0n) is 23.4. The van der Waals surface area contributed by atoms with Crippen LogP contribution in [0.1, 0.15) is 60.7 Å². The highest BCUT2D eigenvalue weighted by Gasteiger charge is 2.57. The topological polar surface area (TPSA) is 76.7 Å². The average Bonchev–Trinajstić information content (AvgIpc) is 3.21. The van der Waals surface area contributed by atoms with Gasteiger partial charge in [0.1, 0.15) is 9.35 Å². The van der Waals surface area contributed by atoms with E-state index >= 15 is 0 Å². The monoisotopic (exact) mass is 638 g/mol. The van der Waals surface area contributed by atoms with Crippen LogP contribution in [0.4, 0.5) is 5.69 Å². The van der Waals surface area contributed by atoms with Crippen molar-refractivity contribution in [2.24, 2.45) is 5.92 Å². The molecule has 1 aliphatic heterocycles. The standard InChI is InChI=1S/C30H35IN6O2/c1-18-11-19(2)25(36(32-6)28(38)23-15-34-37(26(23)31)29(3,4)5)13-22(18)20-12-24(27-33-8-9-35(27)16-20)30-7-10-39-17-21(30)14-30/h8-9,11-13,15-16,21,32H,7,10,14,17H2,1-6H3. The third-order valence-electron chi connectivity index (χ3n) is 8.37. The van der Waals surface area contributed by atoms with Crippen LogP contribution in [0.2, 0.25) is 0 Å². The molecule has 1 saturated heterocycles. The van der Waals surface area contributed by atoms with Crippen LogP contribution in [0.25, 0.3) is 16.8 Å². The Labute approximate surface area is 242 Å². The van der Waals surface area contributed by atoms with Crippen molar-refractivity contribution in [2.75, 3.05) is 25.3 Å². The van der Waals surface area contributed by atoms with Gasteiger partial charge in [-0.2, -0.15) is 5.10 Å². The second-order valence-corrected chi connectivity index (χ2v) is 13.0. The Morgan fingerprint density at radius 2 is 2.03 bits per heavy atom. The van der Waals surface area contributed by atoms with E-state index in [2.05, 4.69) is 89.6 Å². The van der Waals surface area contributed by atoms with Crippen LogP contribution in [0, 0.1) is 23.5 Å². The van der Waals surface area contributed by atoms with Gasteiger partial charge in [-0.1, -0.05) is 6.07 Å². The molecule has 4 heterocycles. The van der Waals surface area contributed by atoms with Crippen molar-refractivity contribution >= 4 is 39.8 Å². The van der Waals surface area contributed by atoms with Gasteiger partial charge in [0, 0.05) is 43.2 Å². The summed E-state index contributed by atoms with van der Waals surface area (Å²) in [6, 6.07) is 6.63. The first-order valence-corrected chi connectivity index (χ1v) is 14.6. The number of fused-ring (bicyclic) bond motifs is 2. The number of aromatic nitrogens is 4. The number of hydrogen-bond acceptors (Lipinski definition) is 5. The molecule has 3 aromatic heterocycles. The number of ether oxygens (including phenoxy) is 1. The lowest BCUT2D eigenvalue weighted by Gasteiger charge is -2.26. The molecule has 204 valence electrons. The minimum absolute atomic E-state index is 0.136. The number of nitrogens with zero attached hydrogens (tertiary/aromatic N) is 5. The summed E-state index contributed by atoms with van der Waals surface area (Å²) in [5.41, 5.74) is 11.2. The summed E-state index contributed by atoms with van der Waals surface area (Å²) in [5.74, 6) is 0.425. The second-order valence-electron chi connectivity index (χ2n) is 11.9. The highest BCUT2D eigenvalue weighted by atomic mass is 127. The van der Waals surface area contributed by atoms with Gasteiger partial charge >= 0.3 is 0 Å². The molecular formula is C30H35IN6O2. The first kappa shape index (κ1) is 26.5. The zero-order valence-corrected chi connectivity index (χ0v) is 25.5. The summed E-state index contributed by atoms with van der Waals surface area (Å²) in [7, 11) is 1.78. The van der Waals surface area contributed by atoms with Gasteiger partial charge in [0.25, 0.3) is 5.91 Å². The lowest BCUT2D eigenvalue weighted by Crippen LogP contribution is -2.41. The Morgan fingerprint density at radius 3 is 2.72 bits per heavy atom. The van der Waals surface area contributed by atoms with E-state index in [-0.39, 0.29) is 16.9 Å². The summed E-state index contributed by atoms with van der Waals surface area (Å²) in [6.45, 7) is 12.1. The summed E-state index contributed by atoms with van der Waals surface area (Å²) in [4.78, 5) is 18.6. The largest absolute Gasteiger partial charge is 0.381 e. The van der Waals surface area contributed by atoms with Crippen molar-refractivity contribution in [1.82, 2.24) is 24.6 Å². The fraction of sp³-hybridized carbons (Fsp3) is 0.433. The molecule has 1 aromatic carbocycles. The van der Waals surface area contributed by atoms with E-state index in [1.807, 2.05) is 24.0 Å². The average molecular weight is 639 g/mol. The summed E-state index contributed by atoms with van der Waals surface area (Å²) < 4.78 is 10.6. The summed E-state index contributed by atoms with van der Waals surface area (Å²) >= 11 is 2.22. The Bertz CT molecular complexity index is 1600. The van der Waals surface area contributed by atoms with Gasteiger partial charge in [-0.25, -0.2) is 15.4 Å². The second kappa shape index (κ2) is 9.42. The number of pyridine rings is 1. The van der Waals surface area contributed by atoms with Crippen LogP contribution in [-0.2, 0) is 15.7 Å². The third-order valence-corrected chi connectivity index (χ3v) is 9.40. The Morgan fingerprint density at radius 1 is 1.23 bits per heavy atom. The molecule has 1 amide bonds. The maximum atomic E-state index is 13.9. The Balaban J connectivity index is 1.44. The molecule has 2 unspecified atom stereocenters. The predicted octanol–water partition coefficient (Wildman–Crippen LogP) is 5.63. The number of imidazole rings is 1. The smallest absolute Gasteiger partial charge is 0.276 e. The van der Waals surface area contributed by atoms with Gasteiger partial charge in [0.15, 0.2) is 0 Å². The van der Waals surface area contributed by atoms with E-state index in [4.69, 9.17) is 9.72 Å². The van der Waals surface area contributed by atoms with Crippen LogP contribution in [-0.4, -0.2) is 45.3 Å². The molecular weight excluding hydrogens is 603 g/mol. The maximum absolute atomic E-state index is 13.9. The minimum atomic E-state index is -0.222. The Kier molecular flexibility index (Phi) is 6.39. The number of anilines is 1. The molecule has 39 heavy (non-hydrogen) atoms. The van der Waals surface area contributed by atoms with Crippen LogP contribution in [0.3, 0.4) is 0 Å². The van der Waals surface area contributed by atoms with Crippen molar-refractivity contribution < 1.29 is 9.53 Å². The van der Waals surface area contributed by atoms with E-state index in [9.17, 15) is 4.79 Å². The molecule has 1 aliphatic carbocycles. The van der Waals surface area contributed by atoms with Gasteiger partial charge in [-0.05, 0) is 110 Å². The van der Waals surface area contributed by atoms with Gasteiger partial charge in [0.05, 0.1) is 29.6 Å². The van der Waals surface area contributed by atoms with E-state index in [1.165, 1.54) is 5.56 Å². The van der Waals surface area contributed by atoms with Crippen molar-refractivity contribution in [1.29, 1.82) is 0 Å². The number of nitrogens with one attached hydrogen (secondary N) is 1. The van der Waals surface area contributed by atoms with E-state index < -0.39 is 0 Å². The van der Waals surface area contributed by atoms with Crippen LogP contribution >= 0.6 is 22.6 Å². The molecule has 9 heteroatoms. The van der Waals surface area contributed by atoms with E-state index in [1.54, 1.807) is 18.3 Å². The third kappa shape index (κ3) is 4.29. The van der Waals surface area contributed by atoms with Crippen molar-refractivity contribution in [3.63, 3.8) is 0 Å². The molecule has 0 bridgehead atoms. The number of hydrogen-bond donors (Lipinski definition) is 1. The molecule has 2 fully saturated rings. The van der Waals surface area contributed by atoms with Gasteiger partial charge in [-0.3, -0.25) is 9.48 Å². The highest BCUT2D eigenvalue weighted by molar-refractivity contribution is 14.1. The number of rotatable bonds is 5. The van der Waals surface area contributed by atoms with Crippen molar-refractivity contribution in [3.8, 4) is 11.1 Å². The summed E-state index contributed by atoms with van der Waals surface area (Å²) in [6.07, 6.45) is 9.92. The number of carbonyl (C=O) groups excluding carboxylic acids is 1. The lowest BCUT2D eigenvalue weighted by molar-refractivity contribution is 0.0804. The molecule has 0 radical (unpaired) electrons. The van der Waals surface area contributed by atoms with Crippen LogP contribution in [0.5, 0.6) is 0 Å². The highest BCUT2D eigenvalue weighted by Crippen LogP contribution is 2.60. The molecule has 0 spiro atoms. The number of carbonyl (C=O) groups is 1. The van der Waals surface area contributed by atoms with Crippen molar-refractivity contribution in [3.05, 3.63) is 68.9 Å². The Hall–Kier alpha value is -2.76. The number of amides is 1. The molecule has 1 saturated carbocycles. The molecule has 6 rings (SSSR count). The van der Waals surface area contributed by atoms with Gasteiger partial charge in [-0.15, -0.1) is 0 Å². The zero-order chi connectivity index (χ0) is 27.7. The van der Waals surface area contributed by atoms with Crippen molar-refractivity contribution in [2.45, 2.75) is 58.4 Å². The van der Waals surface area contributed by atoms with E-state index in [0.29, 0.717) is 11.5 Å². The van der Waals surface area contributed by atoms with E-state index in [0.717, 1.165) is 63.3 Å². The molecule has 2 aliphatic rings. The van der Waals surface area contributed by atoms with Crippen LogP contribution in [0.15, 0.2) is 43.0 Å². The predicted molar refractivity (Wildman–Crippen MR) is 161 cm³/mol. The maximum Gasteiger partial charge on any atom is 0.276 e. The lowest BCUT2D eigenvalue weighted by atomic mass is 9.87. The number of halogens is 1. The fourth-order valence-electron chi connectivity index (χ4n) is 6.19. The number of hydrazine groups is 1. The quantitative estimate of drug-likeness (QED) is 0.227. The van der Waals surface area contributed by atoms with Gasteiger partial charge < -0.3 is 9.14 Å². The van der Waals surface area contributed by atoms with Crippen LogP contribution < -0.4 is 10.4 Å². The minimum Gasteiger partial charge on any atom is -0.381 e. The molecule has 4 aromatic rings. The number of aryl methyl sites for hydroxylation is 2. The first-order valence-electron chi connectivity index (χ1n) is 13.5.